The Morgan fingerprint density at radius 2 is 1.89 bits per heavy atom. The Kier molecular flexibility index (Phi) is 10.1. The average molecular weight is 394 g/mol. The number of aromatic nitrogens is 1. The van der Waals surface area contributed by atoms with Crippen LogP contribution in [0.15, 0.2) is 40.9 Å². The van der Waals surface area contributed by atoms with Gasteiger partial charge in [-0.1, -0.05) is 55.8 Å². The van der Waals surface area contributed by atoms with Crippen molar-refractivity contribution < 1.29 is 9.32 Å². The summed E-state index contributed by atoms with van der Waals surface area (Å²) < 4.78 is 5.42. The summed E-state index contributed by atoms with van der Waals surface area (Å²) in [5.74, 6) is 1.39. The van der Waals surface area contributed by atoms with Crippen LogP contribution >= 0.6 is 12.4 Å². The summed E-state index contributed by atoms with van der Waals surface area (Å²) in [6.45, 7) is 4.91. The van der Waals surface area contributed by atoms with Crippen LogP contribution in [-0.2, 0) is 11.2 Å². The van der Waals surface area contributed by atoms with E-state index in [0.29, 0.717) is 5.92 Å². The number of nitrogens with two attached hydrogens (primary N) is 1. The molecule has 1 atom stereocenters. The maximum absolute atomic E-state index is 12.2. The van der Waals surface area contributed by atoms with E-state index >= 15 is 0 Å². The molecule has 1 heterocycles. The summed E-state index contributed by atoms with van der Waals surface area (Å²) in [7, 11) is 1.84. The van der Waals surface area contributed by atoms with Crippen molar-refractivity contribution in [2.24, 2.45) is 11.7 Å². The van der Waals surface area contributed by atoms with Gasteiger partial charge in [0.2, 0.25) is 5.91 Å². The molecule has 0 aliphatic heterocycles. The van der Waals surface area contributed by atoms with Crippen LogP contribution in [-0.4, -0.2) is 35.6 Å². The summed E-state index contributed by atoms with van der Waals surface area (Å²) in [6, 6.07) is 11.7. The summed E-state index contributed by atoms with van der Waals surface area (Å²) in [6.07, 6.45) is 4.63. The smallest absolute Gasteiger partial charge is 0.239 e. The SMILES string of the molecule is CC(C)C[C@H](N)C(=O)N(C)CCCCCc1cc(-c2ccccc2)no1.Cl. The zero-order valence-electron chi connectivity index (χ0n) is 16.6. The second-order valence-electron chi connectivity index (χ2n) is 7.35. The molecule has 2 rings (SSSR count). The van der Waals surface area contributed by atoms with Crippen LogP contribution in [0.5, 0.6) is 0 Å². The molecule has 0 unspecified atom stereocenters. The highest BCUT2D eigenvalue weighted by molar-refractivity contribution is 5.85. The Bertz CT molecular complexity index is 673. The number of rotatable bonds is 10. The normalized spacial score (nSPS) is 11.9. The second-order valence-corrected chi connectivity index (χ2v) is 7.35. The maximum atomic E-state index is 12.2. The number of nitrogens with zero attached hydrogens (tertiary/aromatic N) is 2. The number of halogens is 1. The van der Waals surface area contributed by atoms with Gasteiger partial charge in [0.05, 0.1) is 6.04 Å². The van der Waals surface area contributed by atoms with Crippen LogP contribution < -0.4 is 5.73 Å². The van der Waals surface area contributed by atoms with E-state index in [1.165, 1.54) is 0 Å². The molecule has 27 heavy (non-hydrogen) atoms. The zero-order valence-corrected chi connectivity index (χ0v) is 17.4. The molecular weight excluding hydrogens is 362 g/mol. The van der Waals surface area contributed by atoms with E-state index in [2.05, 4.69) is 19.0 Å². The molecular formula is C21H32ClN3O2. The molecule has 2 aromatic rings. The van der Waals surface area contributed by atoms with Crippen molar-refractivity contribution >= 4 is 18.3 Å². The first-order valence-corrected chi connectivity index (χ1v) is 9.49. The van der Waals surface area contributed by atoms with Gasteiger partial charge in [0, 0.05) is 31.6 Å². The largest absolute Gasteiger partial charge is 0.361 e. The topological polar surface area (TPSA) is 72.4 Å². The summed E-state index contributed by atoms with van der Waals surface area (Å²) in [4.78, 5) is 13.9. The third-order valence-corrected chi connectivity index (χ3v) is 4.46. The predicted octanol–water partition coefficient (Wildman–Crippen LogP) is 4.31. The number of benzene rings is 1. The summed E-state index contributed by atoms with van der Waals surface area (Å²) in [5, 5.41) is 4.14. The fourth-order valence-electron chi connectivity index (χ4n) is 3.00. The molecule has 0 fully saturated rings. The standard InChI is InChI=1S/C21H31N3O2.ClH/c1-16(2)14-19(22)21(25)24(3)13-9-5-8-12-18-15-20(23-26-18)17-10-6-4-7-11-17;/h4,6-7,10-11,15-16,19H,5,8-9,12-14,22H2,1-3H3;1H/t19-;/m0./s1. The lowest BCUT2D eigenvalue weighted by Gasteiger charge is -2.22. The highest BCUT2D eigenvalue weighted by Crippen LogP contribution is 2.19. The van der Waals surface area contributed by atoms with E-state index in [1.54, 1.807) is 4.90 Å². The fraction of sp³-hybridized carbons (Fsp3) is 0.524. The van der Waals surface area contributed by atoms with Gasteiger partial charge in [0.25, 0.3) is 0 Å². The predicted molar refractivity (Wildman–Crippen MR) is 112 cm³/mol. The van der Waals surface area contributed by atoms with E-state index in [4.69, 9.17) is 10.3 Å². The number of carbonyl (C=O) groups excluding carboxylic acids is 1. The number of hydrogen-bond donors (Lipinski definition) is 1. The van der Waals surface area contributed by atoms with Crippen LogP contribution in [0.25, 0.3) is 11.3 Å². The van der Waals surface area contributed by atoms with Gasteiger partial charge < -0.3 is 15.2 Å². The van der Waals surface area contributed by atoms with Gasteiger partial charge in [-0.15, -0.1) is 12.4 Å². The number of carbonyl (C=O) groups is 1. The first-order valence-electron chi connectivity index (χ1n) is 9.49. The first kappa shape index (κ1) is 23.2. The van der Waals surface area contributed by atoms with Crippen LogP contribution in [0.4, 0.5) is 0 Å². The summed E-state index contributed by atoms with van der Waals surface area (Å²) >= 11 is 0. The molecule has 6 heteroatoms. The average Bonchev–Trinajstić information content (AvgIpc) is 3.09. The number of likely N-dealkylation sites (N-methyl/N-ethyl adjacent to an activating group) is 1. The minimum atomic E-state index is -0.384. The van der Waals surface area contributed by atoms with Gasteiger partial charge >= 0.3 is 0 Å². The Balaban J connectivity index is 0.00000364. The Morgan fingerprint density at radius 3 is 2.56 bits per heavy atom. The number of hydrogen-bond acceptors (Lipinski definition) is 4. The van der Waals surface area contributed by atoms with Crippen molar-refractivity contribution in [2.75, 3.05) is 13.6 Å². The summed E-state index contributed by atoms with van der Waals surface area (Å²) in [5.41, 5.74) is 7.91. The molecule has 0 aliphatic carbocycles. The molecule has 1 aromatic heterocycles. The second kappa shape index (κ2) is 11.8. The van der Waals surface area contributed by atoms with Gasteiger partial charge in [-0.3, -0.25) is 4.79 Å². The van der Waals surface area contributed by atoms with Gasteiger partial charge in [0.1, 0.15) is 11.5 Å². The van der Waals surface area contributed by atoms with Crippen molar-refractivity contribution in [3.63, 3.8) is 0 Å². The van der Waals surface area contributed by atoms with E-state index < -0.39 is 0 Å². The first-order chi connectivity index (χ1) is 12.5. The minimum absolute atomic E-state index is 0. The molecule has 0 saturated carbocycles. The third kappa shape index (κ3) is 7.73. The fourth-order valence-corrected chi connectivity index (χ4v) is 3.00. The maximum Gasteiger partial charge on any atom is 0.239 e. The van der Waals surface area contributed by atoms with Crippen LogP contribution in [0, 0.1) is 5.92 Å². The highest BCUT2D eigenvalue weighted by Gasteiger charge is 2.18. The number of unbranched alkanes of at least 4 members (excludes halogenated alkanes) is 2. The molecule has 0 aliphatic rings. The molecule has 0 bridgehead atoms. The molecule has 2 N–H and O–H groups in total. The quantitative estimate of drug-likeness (QED) is 0.610. The van der Waals surface area contributed by atoms with E-state index in [0.717, 1.165) is 55.7 Å². The highest BCUT2D eigenvalue weighted by atomic mass is 35.5. The van der Waals surface area contributed by atoms with Gasteiger partial charge in [-0.2, -0.15) is 0 Å². The molecule has 5 nitrogen and oxygen atoms in total. The Hall–Kier alpha value is -1.85. The van der Waals surface area contributed by atoms with Crippen molar-refractivity contribution in [1.29, 1.82) is 0 Å². The molecule has 1 aromatic carbocycles. The third-order valence-electron chi connectivity index (χ3n) is 4.46. The molecule has 0 spiro atoms. The van der Waals surface area contributed by atoms with Crippen LogP contribution in [0.1, 0.15) is 45.3 Å². The number of amides is 1. The van der Waals surface area contributed by atoms with Gasteiger partial charge in [0.15, 0.2) is 0 Å². The monoisotopic (exact) mass is 393 g/mol. The van der Waals surface area contributed by atoms with E-state index in [1.807, 2.05) is 43.4 Å². The van der Waals surface area contributed by atoms with Crippen LogP contribution in [0.2, 0.25) is 0 Å². The van der Waals surface area contributed by atoms with E-state index in [9.17, 15) is 4.79 Å². The number of aryl methyl sites for hydroxylation is 1. The minimum Gasteiger partial charge on any atom is -0.361 e. The Labute approximate surface area is 168 Å². The molecule has 0 saturated heterocycles. The van der Waals surface area contributed by atoms with Crippen molar-refractivity contribution in [3.8, 4) is 11.3 Å². The van der Waals surface area contributed by atoms with Crippen molar-refractivity contribution in [3.05, 3.63) is 42.2 Å². The van der Waals surface area contributed by atoms with Crippen molar-refractivity contribution in [2.45, 2.75) is 52.0 Å². The lowest BCUT2D eigenvalue weighted by molar-refractivity contribution is -0.131. The van der Waals surface area contributed by atoms with Gasteiger partial charge in [-0.25, -0.2) is 0 Å². The zero-order chi connectivity index (χ0) is 18.9. The Morgan fingerprint density at radius 1 is 1.19 bits per heavy atom. The molecule has 150 valence electrons. The van der Waals surface area contributed by atoms with Crippen LogP contribution in [0.3, 0.4) is 0 Å². The lowest BCUT2D eigenvalue weighted by Crippen LogP contribution is -2.42. The lowest BCUT2D eigenvalue weighted by atomic mass is 10.0. The molecule has 1 amide bonds. The van der Waals surface area contributed by atoms with Crippen molar-refractivity contribution in [1.82, 2.24) is 10.1 Å². The van der Waals surface area contributed by atoms with Gasteiger partial charge in [-0.05, 0) is 25.2 Å². The molecule has 0 radical (unpaired) electrons. The van der Waals surface area contributed by atoms with E-state index in [-0.39, 0.29) is 24.4 Å².